The first-order chi connectivity index (χ1) is 8.88. The van der Waals surface area contributed by atoms with E-state index in [4.69, 9.17) is 10.7 Å². The third-order valence-electron chi connectivity index (χ3n) is 2.33. The summed E-state index contributed by atoms with van der Waals surface area (Å²) < 4.78 is 23.6. The number of rotatable bonds is 4. The first-order valence-corrected chi connectivity index (χ1v) is 7.39. The van der Waals surface area contributed by atoms with E-state index >= 15 is 0 Å². The molecule has 2 rings (SSSR count). The molecule has 1 aromatic heterocycles. The zero-order valence-electron chi connectivity index (χ0n) is 9.43. The van der Waals surface area contributed by atoms with Gasteiger partial charge in [0, 0.05) is 10.7 Å². The summed E-state index contributed by atoms with van der Waals surface area (Å²) in [6.07, 6.45) is 1.05. The Morgan fingerprint density at radius 2 is 1.95 bits per heavy atom. The Morgan fingerprint density at radius 3 is 2.42 bits per heavy atom. The van der Waals surface area contributed by atoms with E-state index in [1.807, 2.05) is 6.07 Å². The van der Waals surface area contributed by atoms with Gasteiger partial charge in [-0.3, -0.25) is 0 Å². The minimum atomic E-state index is -4.20. The van der Waals surface area contributed by atoms with Crippen molar-refractivity contribution in [3.05, 3.63) is 52.2 Å². The number of halogens is 1. The molecule has 0 saturated carbocycles. The summed E-state index contributed by atoms with van der Waals surface area (Å²) in [6, 6.07) is 9.01. The van der Waals surface area contributed by atoms with Crippen molar-refractivity contribution in [1.29, 1.82) is 0 Å². The number of hydrogen-bond donors (Lipinski definition) is 0. The molecular formula is C10H8ClN3O4S. The van der Waals surface area contributed by atoms with Crippen molar-refractivity contribution < 1.29 is 13.3 Å². The number of nitro groups is 1. The normalized spacial score (nSPS) is 11.4. The van der Waals surface area contributed by atoms with Crippen molar-refractivity contribution in [2.45, 2.75) is 11.4 Å². The summed E-state index contributed by atoms with van der Waals surface area (Å²) in [5.74, 6) is -0.772. The molecule has 0 N–H and O–H groups in total. The number of aromatic nitrogens is 2. The van der Waals surface area contributed by atoms with Gasteiger partial charge in [0.15, 0.2) is 0 Å². The summed E-state index contributed by atoms with van der Waals surface area (Å²) in [7, 11) is 0.936. The smallest absolute Gasteiger partial charge is 0.358 e. The van der Waals surface area contributed by atoms with Crippen molar-refractivity contribution in [2.24, 2.45) is 0 Å². The Morgan fingerprint density at radius 1 is 1.32 bits per heavy atom. The Balaban J connectivity index is 2.42. The SMILES string of the molecule is O=[N+]([O-])c1nn(Cc2ccccc2)cc1S(=O)(=O)Cl. The Labute approximate surface area is 113 Å². The van der Waals surface area contributed by atoms with Gasteiger partial charge >= 0.3 is 5.82 Å². The van der Waals surface area contributed by atoms with Crippen LogP contribution >= 0.6 is 10.7 Å². The molecule has 0 radical (unpaired) electrons. The van der Waals surface area contributed by atoms with Gasteiger partial charge in [0.2, 0.25) is 4.90 Å². The molecule has 7 nitrogen and oxygen atoms in total. The number of nitrogens with zero attached hydrogens (tertiary/aromatic N) is 3. The van der Waals surface area contributed by atoms with Gasteiger partial charge in [0.1, 0.15) is 0 Å². The first kappa shape index (κ1) is 13.5. The molecule has 0 amide bonds. The predicted octanol–water partition coefficient (Wildman–Crippen LogP) is 1.77. The van der Waals surface area contributed by atoms with Crippen molar-refractivity contribution >= 4 is 25.6 Å². The van der Waals surface area contributed by atoms with E-state index in [2.05, 4.69) is 5.10 Å². The Bertz CT molecular complexity index is 712. The quantitative estimate of drug-likeness (QED) is 0.487. The number of hydrogen-bond acceptors (Lipinski definition) is 5. The van der Waals surface area contributed by atoms with Gasteiger partial charge in [-0.2, -0.15) is 4.68 Å². The third kappa shape index (κ3) is 3.09. The summed E-state index contributed by atoms with van der Waals surface area (Å²) in [5, 5.41) is 14.4. The van der Waals surface area contributed by atoms with Crippen molar-refractivity contribution in [1.82, 2.24) is 9.78 Å². The second-order valence-corrected chi connectivity index (χ2v) is 6.23. The molecule has 0 saturated heterocycles. The van der Waals surface area contributed by atoms with Crippen LogP contribution in [0, 0.1) is 10.1 Å². The topological polar surface area (TPSA) is 95.1 Å². The van der Waals surface area contributed by atoms with E-state index in [0.29, 0.717) is 0 Å². The highest BCUT2D eigenvalue weighted by Crippen LogP contribution is 2.25. The second kappa shape index (κ2) is 4.98. The largest absolute Gasteiger partial charge is 0.410 e. The molecule has 100 valence electrons. The molecule has 0 fully saturated rings. The molecule has 0 atom stereocenters. The van der Waals surface area contributed by atoms with E-state index in [1.54, 1.807) is 24.3 Å². The van der Waals surface area contributed by atoms with Gasteiger partial charge in [-0.25, -0.2) is 8.42 Å². The average Bonchev–Trinajstić information content (AvgIpc) is 2.74. The summed E-state index contributed by atoms with van der Waals surface area (Å²) in [6.45, 7) is 0.216. The molecule has 19 heavy (non-hydrogen) atoms. The third-order valence-corrected chi connectivity index (χ3v) is 3.64. The summed E-state index contributed by atoms with van der Waals surface area (Å²) >= 11 is 0. The molecule has 0 unspecified atom stereocenters. The highest BCUT2D eigenvalue weighted by molar-refractivity contribution is 8.13. The molecule has 1 aromatic carbocycles. The maximum atomic E-state index is 11.2. The lowest BCUT2D eigenvalue weighted by molar-refractivity contribution is -0.392. The fraction of sp³-hybridized carbons (Fsp3) is 0.100. The van der Waals surface area contributed by atoms with E-state index in [9.17, 15) is 18.5 Å². The standard InChI is InChI=1S/C10H8ClN3O4S/c11-19(17,18)9-7-13(12-10(9)14(15)16)6-8-4-2-1-3-5-8/h1-5,7H,6H2. The zero-order chi connectivity index (χ0) is 14.0. The fourth-order valence-electron chi connectivity index (χ4n) is 1.54. The van der Waals surface area contributed by atoms with Gasteiger partial charge in [0.25, 0.3) is 9.05 Å². The molecular weight excluding hydrogens is 294 g/mol. The summed E-state index contributed by atoms with van der Waals surface area (Å²) in [5.41, 5.74) is 0.832. The minimum Gasteiger partial charge on any atom is -0.358 e. The molecule has 0 aliphatic carbocycles. The van der Waals surface area contributed by atoms with Gasteiger partial charge in [-0.05, 0) is 10.5 Å². The highest BCUT2D eigenvalue weighted by atomic mass is 35.7. The van der Waals surface area contributed by atoms with E-state index in [-0.39, 0.29) is 6.54 Å². The van der Waals surface area contributed by atoms with Crippen LogP contribution in [0.25, 0.3) is 0 Å². The molecule has 1 heterocycles. The van der Waals surface area contributed by atoms with Crippen LogP contribution in [0.3, 0.4) is 0 Å². The molecule has 0 aliphatic heterocycles. The van der Waals surface area contributed by atoms with E-state index in [0.717, 1.165) is 11.8 Å². The maximum absolute atomic E-state index is 11.2. The monoisotopic (exact) mass is 301 g/mol. The zero-order valence-corrected chi connectivity index (χ0v) is 11.0. The Hall–Kier alpha value is -1.93. The molecule has 9 heteroatoms. The maximum Gasteiger partial charge on any atom is 0.410 e. The lowest BCUT2D eigenvalue weighted by Crippen LogP contribution is -2.00. The predicted molar refractivity (Wildman–Crippen MR) is 67.5 cm³/mol. The van der Waals surface area contributed by atoms with Gasteiger partial charge < -0.3 is 10.1 Å². The van der Waals surface area contributed by atoms with Crippen LogP contribution in [0.15, 0.2) is 41.4 Å². The average molecular weight is 302 g/mol. The fourth-order valence-corrected chi connectivity index (χ4v) is 2.45. The number of benzene rings is 1. The van der Waals surface area contributed by atoms with E-state index in [1.165, 1.54) is 4.68 Å². The van der Waals surface area contributed by atoms with Crippen molar-refractivity contribution in [3.8, 4) is 0 Å². The van der Waals surface area contributed by atoms with Crippen LogP contribution in [-0.2, 0) is 15.6 Å². The van der Waals surface area contributed by atoms with Crippen LogP contribution in [0.5, 0.6) is 0 Å². The second-order valence-electron chi connectivity index (χ2n) is 3.70. The highest BCUT2D eigenvalue weighted by Gasteiger charge is 2.29. The van der Waals surface area contributed by atoms with Crippen LogP contribution in [0.1, 0.15) is 5.56 Å². The van der Waals surface area contributed by atoms with Crippen LogP contribution < -0.4 is 0 Å². The van der Waals surface area contributed by atoms with E-state index < -0.39 is 24.7 Å². The Kier molecular flexibility index (Phi) is 3.54. The van der Waals surface area contributed by atoms with Crippen molar-refractivity contribution in [3.63, 3.8) is 0 Å². The van der Waals surface area contributed by atoms with Crippen LogP contribution in [0.4, 0.5) is 5.82 Å². The van der Waals surface area contributed by atoms with Crippen LogP contribution in [-0.4, -0.2) is 23.1 Å². The van der Waals surface area contributed by atoms with Crippen LogP contribution in [0.2, 0.25) is 0 Å². The first-order valence-electron chi connectivity index (χ1n) is 5.08. The molecule has 2 aromatic rings. The van der Waals surface area contributed by atoms with Gasteiger partial charge in [-0.1, -0.05) is 30.3 Å². The summed E-state index contributed by atoms with van der Waals surface area (Å²) in [4.78, 5) is 9.26. The van der Waals surface area contributed by atoms with Gasteiger partial charge in [0.05, 0.1) is 17.8 Å². The molecule has 0 spiro atoms. The lowest BCUT2D eigenvalue weighted by Gasteiger charge is -1.96. The lowest BCUT2D eigenvalue weighted by atomic mass is 10.2. The molecule has 0 bridgehead atoms. The minimum absolute atomic E-state index is 0.216. The van der Waals surface area contributed by atoms with Crippen molar-refractivity contribution in [2.75, 3.05) is 0 Å². The van der Waals surface area contributed by atoms with Gasteiger partial charge in [-0.15, -0.1) is 0 Å². The molecule has 0 aliphatic rings.